The molecule has 0 aliphatic rings. The molecule has 0 aromatic rings. The molecule has 0 aromatic heterocycles. The lowest BCUT2D eigenvalue weighted by Crippen LogP contribution is -2.16. The van der Waals surface area contributed by atoms with E-state index in [9.17, 15) is 8.42 Å². The molecule has 0 spiro atoms. The van der Waals surface area contributed by atoms with Crippen molar-refractivity contribution in [3.8, 4) is 0 Å². The van der Waals surface area contributed by atoms with E-state index in [2.05, 4.69) is 6.92 Å². The summed E-state index contributed by atoms with van der Waals surface area (Å²) < 4.78 is 33.2. The zero-order valence-electron chi connectivity index (χ0n) is 20.3. The Hall–Kier alpha value is -0.130. The Balaban J connectivity index is 3.13. The van der Waals surface area contributed by atoms with Crippen LogP contribution in [-0.4, -0.2) is 34.0 Å². The molecular weight excluding hydrogens is 396 g/mol. The highest BCUT2D eigenvalue weighted by Crippen LogP contribution is 2.14. The largest absolute Gasteiger partial charge is 0.380 e. The molecule has 4 nitrogen and oxygen atoms in total. The lowest BCUT2D eigenvalue weighted by molar-refractivity contribution is 0.142. The smallest absolute Gasteiger partial charge is 0.269 e. The van der Waals surface area contributed by atoms with E-state index in [0.29, 0.717) is 13.0 Å². The van der Waals surface area contributed by atoms with Gasteiger partial charge in [0.15, 0.2) is 0 Å². The van der Waals surface area contributed by atoms with Crippen LogP contribution in [0, 0.1) is 0 Å². The molecule has 0 fully saturated rings. The van der Waals surface area contributed by atoms with Gasteiger partial charge in [0, 0.05) is 6.61 Å². The fourth-order valence-electron chi connectivity index (χ4n) is 3.64. The monoisotopic (exact) mass is 448 g/mol. The fourth-order valence-corrected chi connectivity index (χ4v) is 4.50. The molecule has 0 saturated carbocycles. The van der Waals surface area contributed by atoms with E-state index >= 15 is 0 Å². The third-order valence-electron chi connectivity index (χ3n) is 5.59. The highest BCUT2D eigenvalue weighted by atomic mass is 32.2. The average molecular weight is 449 g/mol. The van der Waals surface area contributed by atoms with Gasteiger partial charge in [0.2, 0.25) is 0 Å². The summed E-state index contributed by atoms with van der Waals surface area (Å²) in [5.74, 6) is -0.0357. The predicted molar refractivity (Wildman–Crippen MR) is 130 cm³/mol. The first-order valence-electron chi connectivity index (χ1n) is 13.1. The van der Waals surface area contributed by atoms with Crippen LogP contribution in [0.15, 0.2) is 0 Å². The highest BCUT2D eigenvalue weighted by Gasteiger charge is 2.09. The van der Waals surface area contributed by atoms with Crippen LogP contribution in [-0.2, 0) is 19.0 Å². The summed E-state index contributed by atoms with van der Waals surface area (Å²) in [7, 11) is -3.39. The van der Waals surface area contributed by atoms with Gasteiger partial charge in [-0.15, -0.1) is 0 Å². The Morgan fingerprint density at radius 3 is 1.27 bits per heavy atom. The van der Waals surface area contributed by atoms with E-state index in [-0.39, 0.29) is 19.0 Å². The average Bonchev–Trinajstić information content (AvgIpc) is 2.73. The molecule has 5 heteroatoms. The van der Waals surface area contributed by atoms with Crippen molar-refractivity contribution in [1.82, 2.24) is 0 Å². The Morgan fingerprint density at radius 1 is 0.467 bits per heavy atom. The summed E-state index contributed by atoms with van der Waals surface area (Å²) in [6.07, 6.45) is 25.3. The Labute approximate surface area is 189 Å². The summed E-state index contributed by atoms with van der Waals surface area (Å²) in [6, 6.07) is 0. The molecule has 0 bridgehead atoms. The molecule has 0 saturated heterocycles. The van der Waals surface area contributed by atoms with Gasteiger partial charge >= 0.3 is 0 Å². The van der Waals surface area contributed by atoms with Crippen molar-refractivity contribution in [2.75, 3.05) is 25.6 Å². The first-order valence-corrected chi connectivity index (χ1v) is 14.6. The van der Waals surface area contributed by atoms with Gasteiger partial charge < -0.3 is 4.74 Å². The van der Waals surface area contributed by atoms with Gasteiger partial charge in [0.25, 0.3) is 10.1 Å². The number of ether oxygens (including phenoxy) is 1. The fraction of sp³-hybridized carbons (Fsp3) is 1.00. The lowest BCUT2D eigenvalue weighted by atomic mass is 10.0. The van der Waals surface area contributed by atoms with Crippen LogP contribution in [0.2, 0.25) is 0 Å². The second-order valence-corrected chi connectivity index (χ2v) is 10.5. The Bertz CT molecular complexity index is 423. The van der Waals surface area contributed by atoms with E-state index in [1.807, 2.05) is 6.92 Å². The van der Waals surface area contributed by atoms with Crippen LogP contribution in [0.3, 0.4) is 0 Å². The van der Waals surface area contributed by atoms with E-state index in [1.165, 1.54) is 109 Å². The van der Waals surface area contributed by atoms with Crippen LogP contribution in [0.4, 0.5) is 0 Å². The van der Waals surface area contributed by atoms with Gasteiger partial charge in [-0.3, -0.25) is 4.18 Å². The Morgan fingerprint density at radius 2 is 0.867 bits per heavy atom. The first-order chi connectivity index (χ1) is 14.6. The third-order valence-corrected chi connectivity index (χ3v) is 6.78. The molecule has 0 heterocycles. The van der Waals surface area contributed by atoms with Crippen molar-refractivity contribution in [1.29, 1.82) is 0 Å². The predicted octanol–water partition coefficient (Wildman–Crippen LogP) is 7.80. The summed E-state index contributed by atoms with van der Waals surface area (Å²) in [5, 5.41) is 0. The number of unbranched alkanes of at least 4 members (excludes halogenated alkanes) is 17. The minimum absolute atomic E-state index is 0.0357. The summed E-state index contributed by atoms with van der Waals surface area (Å²) in [4.78, 5) is 0. The molecule has 182 valence electrons. The molecule has 0 N–H and O–H groups in total. The molecule has 0 unspecified atom stereocenters. The standard InChI is InChI=1S/C25H52O4S/c1-3-5-6-7-8-9-10-11-12-13-14-15-16-17-18-19-20-21-23-28-24-25-30(26,27)29-22-4-2/h3-25H2,1-2H3. The van der Waals surface area contributed by atoms with Gasteiger partial charge in [-0.25, -0.2) is 0 Å². The molecule has 0 radical (unpaired) electrons. The number of hydrogen-bond acceptors (Lipinski definition) is 4. The van der Waals surface area contributed by atoms with Crippen molar-refractivity contribution in [3.63, 3.8) is 0 Å². The van der Waals surface area contributed by atoms with Crippen LogP contribution in [0.5, 0.6) is 0 Å². The van der Waals surface area contributed by atoms with Crippen LogP contribution in [0.1, 0.15) is 136 Å². The molecule has 0 aromatic carbocycles. The minimum atomic E-state index is -3.39. The van der Waals surface area contributed by atoms with Crippen molar-refractivity contribution in [2.24, 2.45) is 0 Å². The Kier molecular flexibility index (Phi) is 23.4. The van der Waals surface area contributed by atoms with Gasteiger partial charge in [0.05, 0.1) is 19.0 Å². The normalized spacial score (nSPS) is 11.9. The topological polar surface area (TPSA) is 52.6 Å². The van der Waals surface area contributed by atoms with Crippen molar-refractivity contribution < 1.29 is 17.3 Å². The molecule has 30 heavy (non-hydrogen) atoms. The zero-order chi connectivity index (χ0) is 22.2. The first kappa shape index (κ1) is 29.9. The number of rotatable bonds is 25. The van der Waals surface area contributed by atoms with Gasteiger partial charge in [-0.05, 0) is 12.8 Å². The summed E-state index contributed by atoms with van der Waals surface area (Å²) in [6.45, 7) is 5.34. The molecule has 0 rings (SSSR count). The van der Waals surface area contributed by atoms with E-state index in [1.54, 1.807) is 0 Å². The molecular formula is C25H52O4S. The second kappa shape index (κ2) is 23.5. The second-order valence-electron chi connectivity index (χ2n) is 8.71. The van der Waals surface area contributed by atoms with Crippen LogP contribution < -0.4 is 0 Å². The van der Waals surface area contributed by atoms with Gasteiger partial charge in [-0.2, -0.15) is 8.42 Å². The maximum Gasteiger partial charge on any atom is 0.269 e. The maximum atomic E-state index is 11.5. The van der Waals surface area contributed by atoms with Crippen molar-refractivity contribution in [2.45, 2.75) is 136 Å². The minimum Gasteiger partial charge on any atom is -0.380 e. The zero-order valence-corrected chi connectivity index (χ0v) is 21.1. The lowest BCUT2D eigenvalue weighted by Gasteiger charge is -2.06. The summed E-state index contributed by atoms with van der Waals surface area (Å²) >= 11 is 0. The molecule has 0 aliphatic carbocycles. The van der Waals surface area contributed by atoms with Crippen molar-refractivity contribution in [3.05, 3.63) is 0 Å². The molecule has 0 atom stereocenters. The maximum absolute atomic E-state index is 11.5. The molecule has 0 amide bonds. The van der Waals surface area contributed by atoms with Crippen LogP contribution >= 0.6 is 0 Å². The summed E-state index contributed by atoms with van der Waals surface area (Å²) in [5.41, 5.74) is 0. The van der Waals surface area contributed by atoms with E-state index < -0.39 is 10.1 Å². The van der Waals surface area contributed by atoms with E-state index in [4.69, 9.17) is 8.92 Å². The van der Waals surface area contributed by atoms with Crippen molar-refractivity contribution >= 4 is 10.1 Å². The quantitative estimate of drug-likeness (QED) is 0.106. The van der Waals surface area contributed by atoms with Gasteiger partial charge in [0.1, 0.15) is 0 Å². The van der Waals surface area contributed by atoms with E-state index in [0.717, 1.165) is 6.42 Å². The SMILES string of the molecule is CCCCCCCCCCCCCCCCCCCCOCCS(=O)(=O)OCCC. The highest BCUT2D eigenvalue weighted by molar-refractivity contribution is 7.86. The molecule has 0 aliphatic heterocycles. The third kappa shape index (κ3) is 24.1. The van der Waals surface area contributed by atoms with Crippen LogP contribution in [0.25, 0.3) is 0 Å². The van der Waals surface area contributed by atoms with Gasteiger partial charge in [-0.1, -0.05) is 123 Å². The number of hydrogen-bond donors (Lipinski definition) is 0.